The quantitative estimate of drug-likeness (QED) is 0.600. The highest BCUT2D eigenvalue weighted by Gasteiger charge is 2.32. The van der Waals surface area contributed by atoms with E-state index in [0.717, 1.165) is 64.8 Å². The number of hydrogen-bond donors (Lipinski definition) is 2. The van der Waals surface area contributed by atoms with Crippen LogP contribution in [0.3, 0.4) is 0 Å². The molecule has 1 aromatic heterocycles. The van der Waals surface area contributed by atoms with Crippen LogP contribution in [0, 0.1) is 11.8 Å². The van der Waals surface area contributed by atoms with Crippen LogP contribution in [-0.4, -0.2) is 71.8 Å². The Morgan fingerprint density at radius 2 is 1.84 bits per heavy atom. The van der Waals surface area contributed by atoms with Gasteiger partial charge < -0.3 is 16.0 Å². The molecule has 1 unspecified atom stereocenters. The third-order valence-electron chi connectivity index (χ3n) is 7.92. The minimum Gasteiger partial charge on any atom is -0.369 e. The van der Waals surface area contributed by atoms with Crippen LogP contribution in [0.15, 0.2) is 42.6 Å². The van der Waals surface area contributed by atoms with Crippen molar-refractivity contribution >= 4 is 34.9 Å². The van der Waals surface area contributed by atoms with Gasteiger partial charge in [0.1, 0.15) is 0 Å². The van der Waals surface area contributed by atoms with Crippen LogP contribution in [0.4, 0.5) is 17.2 Å². The number of hydrogen-bond acceptors (Lipinski definition) is 6. The summed E-state index contributed by atoms with van der Waals surface area (Å²) in [5, 5.41) is 2.90. The lowest BCUT2D eigenvalue weighted by atomic mass is 9.92. The molecule has 2 aromatic rings. The van der Waals surface area contributed by atoms with Crippen molar-refractivity contribution in [3.63, 3.8) is 0 Å². The van der Waals surface area contributed by atoms with Crippen molar-refractivity contribution in [3.8, 4) is 0 Å². The first-order valence-electron chi connectivity index (χ1n) is 13.4. The van der Waals surface area contributed by atoms with Crippen molar-refractivity contribution in [2.75, 3.05) is 49.5 Å². The number of rotatable bonds is 7. The molecule has 0 radical (unpaired) electrons. The van der Waals surface area contributed by atoms with Crippen LogP contribution in [0.25, 0.3) is 0 Å². The minimum atomic E-state index is -0.239. The maximum Gasteiger partial charge on any atom is 0.257 e. The summed E-state index contributed by atoms with van der Waals surface area (Å²) in [6, 6.07) is 10.7. The van der Waals surface area contributed by atoms with Crippen molar-refractivity contribution in [2.45, 2.75) is 38.5 Å². The number of carbonyl (C=O) groups is 3. The number of pyridine rings is 1. The molecule has 9 heteroatoms. The Kier molecular flexibility index (Phi) is 7.81. The third-order valence-corrected chi connectivity index (χ3v) is 7.92. The Balaban J connectivity index is 1.19. The molecule has 196 valence electrons. The molecule has 0 saturated carbocycles. The van der Waals surface area contributed by atoms with E-state index in [4.69, 9.17) is 5.73 Å². The van der Waals surface area contributed by atoms with Crippen molar-refractivity contribution in [2.24, 2.45) is 17.6 Å². The fourth-order valence-electron chi connectivity index (χ4n) is 5.93. The van der Waals surface area contributed by atoms with E-state index in [9.17, 15) is 14.4 Å². The number of aromatic nitrogens is 1. The molecular weight excluding hydrogens is 468 g/mol. The molecule has 0 bridgehead atoms. The number of nitrogens with zero attached hydrogens (tertiary/aromatic N) is 4. The molecule has 5 rings (SSSR count). The summed E-state index contributed by atoms with van der Waals surface area (Å²) in [5.41, 5.74) is 7.02. The van der Waals surface area contributed by atoms with Gasteiger partial charge in [-0.1, -0.05) is 12.1 Å². The highest BCUT2D eigenvalue weighted by atomic mass is 16.2. The van der Waals surface area contributed by atoms with E-state index >= 15 is 0 Å². The first-order chi connectivity index (χ1) is 18.0. The predicted octanol–water partition coefficient (Wildman–Crippen LogP) is 3.00. The lowest BCUT2D eigenvalue weighted by Gasteiger charge is -2.34. The van der Waals surface area contributed by atoms with Gasteiger partial charge in [-0.3, -0.25) is 24.2 Å². The summed E-state index contributed by atoms with van der Waals surface area (Å²) >= 11 is 0. The normalized spacial score (nSPS) is 21.0. The number of carbonyl (C=O) groups excluding carboxylic acids is 3. The molecule has 0 spiro atoms. The topological polar surface area (TPSA) is 112 Å². The van der Waals surface area contributed by atoms with Crippen LogP contribution >= 0.6 is 0 Å². The van der Waals surface area contributed by atoms with E-state index < -0.39 is 0 Å². The van der Waals surface area contributed by atoms with Crippen LogP contribution in [0.5, 0.6) is 0 Å². The number of nitrogens with one attached hydrogen (secondary N) is 1. The standard InChI is InChI=1S/C28H36N6O3/c29-26(36)21-11-16-32(17-12-21)14-4-6-20-7-5-15-33(18-20)19-25(35)34-24-10-2-1-8-22(24)28(37)31-23-9-3-13-30-27(23)34/h1-3,8-10,13,20-21H,4-7,11-12,14-19H2,(H2,29,36)(H,31,37). The van der Waals surface area contributed by atoms with Gasteiger partial charge in [0.2, 0.25) is 11.8 Å². The van der Waals surface area contributed by atoms with Crippen LogP contribution in [-0.2, 0) is 9.59 Å². The zero-order chi connectivity index (χ0) is 25.8. The number of likely N-dealkylation sites (tertiary alicyclic amines) is 2. The zero-order valence-corrected chi connectivity index (χ0v) is 21.3. The van der Waals surface area contributed by atoms with E-state index in [1.54, 1.807) is 35.4 Å². The summed E-state index contributed by atoms with van der Waals surface area (Å²) < 4.78 is 0. The number of piperidine rings is 2. The Hall–Kier alpha value is -3.30. The third kappa shape index (κ3) is 5.83. The van der Waals surface area contributed by atoms with Crippen molar-refractivity contribution in [3.05, 3.63) is 48.2 Å². The smallest absolute Gasteiger partial charge is 0.257 e. The lowest BCUT2D eigenvalue weighted by molar-refractivity contribution is -0.123. The molecule has 3 aliphatic rings. The van der Waals surface area contributed by atoms with Gasteiger partial charge >= 0.3 is 0 Å². The van der Waals surface area contributed by atoms with E-state index in [1.165, 1.54) is 6.42 Å². The summed E-state index contributed by atoms with van der Waals surface area (Å²) in [6.45, 7) is 5.03. The molecule has 2 saturated heterocycles. The average Bonchev–Trinajstić information content (AvgIpc) is 3.03. The van der Waals surface area contributed by atoms with Gasteiger partial charge in [-0.15, -0.1) is 0 Å². The molecule has 0 aliphatic carbocycles. The van der Waals surface area contributed by atoms with Gasteiger partial charge in [0.25, 0.3) is 5.91 Å². The Bertz CT molecular complexity index is 1150. The molecule has 4 heterocycles. The number of fused-ring (bicyclic) bond motifs is 2. The molecule has 9 nitrogen and oxygen atoms in total. The largest absolute Gasteiger partial charge is 0.369 e. The van der Waals surface area contributed by atoms with Gasteiger partial charge in [-0.05, 0) is 94.9 Å². The number of benzene rings is 1. The number of anilines is 3. The van der Waals surface area contributed by atoms with Crippen LogP contribution in [0.1, 0.15) is 48.9 Å². The van der Waals surface area contributed by atoms with E-state index in [0.29, 0.717) is 28.7 Å². The van der Waals surface area contributed by atoms with Crippen molar-refractivity contribution < 1.29 is 14.4 Å². The van der Waals surface area contributed by atoms with E-state index in [2.05, 4.69) is 20.1 Å². The molecule has 3 aliphatic heterocycles. The van der Waals surface area contributed by atoms with Gasteiger partial charge in [-0.25, -0.2) is 4.98 Å². The zero-order valence-electron chi connectivity index (χ0n) is 21.3. The van der Waals surface area contributed by atoms with Crippen LogP contribution in [0.2, 0.25) is 0 Å². The Morgan fingerprint density at radius 3 is 2.65 bits per heavy atom. The second kappa shape index (κ2) is 11.4. The maximum atomic E-state index is 13.7. The summed E-state index contributed by atoms with van der Waals surface area (Å²) in [4.78, 5) is 48.7. The van der Waals surface area contributed by atoms with Gasteiger partial charge in [0, 0.05) is 18.7 Å². The fraction of sp³-hybridized carbons (Fsp3) is 0.500. The van der Waals surface area contributed by atoms with Crippen molar-refractivity contribution in [1.29, 1.82) is 0 Å². The second-order valence-electron chi connectivity index (χ2n) is 10.5. The second-order valence-corrected chi connectivity index (χ2v) is 10.5. The Morgan fingerprint density at radius 1 is 1.03 bits per heavy atom. The van der Waals surface area contributed by atoms with Gasteiger partial charge in [0.15, 0.2) is 5.82 Å². The maximum absolute atomic E-state index is 13.7. The van der Waals surface area contributed by atoms with Crippen molar-refractivity contribution in [1.82, 2.24) is 14.8 Å². The molecule has 1 atom stereocenters. The highest BCUT2D eigenvalue weighted by Crippen LogP contribution is 2.36. The lowest BCUT2D eigenvalue weighted by Crippen LogP contribution is -2.43. The SMILES string of the molecule is NC(=O)C1CCN(CCCC2CCCN(CC(=O)N3c4ccccc4C(=O)Nc4cccnc43)C2)CC1. The predicted molar refractivity (Wildman–Crippen MR) is 143 cm³/mol. The Labute approximate surface area is 218 Å². The summed E-state index contributed by atoms with van der Waals surface area (Å²) in [6.07, 6.45) is 7.90. The van der Waals surface area contributed by atoms with E-state index in [-0.39, 0.29) is 30.2 Å². The number of primary amides is 1. The molecule has 1 aromatic carbocycles. The average molecular weight is 505 g/mol. The molecular formula is C28H36N6O3. The van der Waals surface area contributed by atoms with Gasteiger partial charge in [0.05, 0.1) is 23.5 Å². The molecule has 3 amide bonds. The monoisotopic (exact) mass is 504 g/mol. The molecule has 3 N–H and O–H groups in total. The number of amides is 3. The minimum absolute atomic E-state index is 0.0351. The first kappa shape index (κ1) is 25.4. The van der Waals surface area contributed by atoms with Crippen LogP contribution < -0.4 is 16.0 Å². The number of nitrogens with two attached hydrogens (primary N) is 1. The molecule has 37 heavy (non-hydrogen) atoms. The molecule has 2 fully saturated rings. The first-order valence-corrected chi connectivity index (χ1v) is 13.4. The summed E-state index contributed by atoms with van der Waals surface area (Å²) in [7, 11) is 0. The number of para-hydroxylation sites is 1. The fourth-order valence-corrected chi connectivity index (χ4v) is 5.93. The van der Waals surface area contributed by atoms with E-state index in [1.807, 2.05) is 12.1 Å². The van der Waals surface area contributed by atoms with Gasteiger partial charge in [-0.2, -0.15) is 0 Å². The summed E-state index contributed by atoms with van der Waals surface area (Å²) in [5.74, 6) is 0.573. The highest BCUT2D eigenvalue weighted by molar-refractivity contribution is 6.17.